The van der Waals surface area contributed by atoms with Gasteiger partial charge < -0.3 is 15.0 Å². The lowest BCUT2D eigenvalue weighted by atomic mass is 9.71. The number of benzene rings is 1. The zero-order valence-corrected chi connectivity index (χ0v) is 14.7. The number of hydrogen-bond acceptors (Lipinski definition) is 3. The molecule has 1 aromatic rings. The standard InChI is InChI=1S/C19H26N2O3/c1-18(2,3)24-17(23)21-12-11-19(14-7-5-4-6-8-14)10-9-16(22)20-13-15(19)21/h4-8,15H,9-13H2,1-3H3,(H,20,22)/t15?,19-/m0/s1. The topological polar surface area (TPSA) is 58.6 Å². The van der Waals surface area contributed by atoms with Gasteiger partial charge in [0.05, 0.1) is 6.04 Å². The molecule has 2 fully saturated rings. The van der Waals surface area contributed by atoms with E-state index in [1.165, 1.54) is 5.56 Å². The van der Waals surface area contributed by atoms with Crippen molar-refractivity contribution < 1.29 is 14.3 Å². The Balaban J connectivity index is 1.94. The lowest BCUT2D eigenvalue weighted by Crippen LogP contribution is -2.50. The summed E-state index contributed by atoms with van der Waals surface area (Å²) in [5, 5.41) is 2.97. The van der Waals surface area contributed by atoms with E-state index in [-0.39, 0.29) is 23.5 Å². The molecule has 2 heterocycles. The van der Waals surface area contributed by atoms with E-state index in [1.54, 1.807) is 0 Å². The molecule has 24 heavy (non-hydrogen) atoms. The van der Waals surface area contributed by atoms with Crippen LogP contribution in [0.5, 0.6) is 0 Å². The second-order valence-corrected chi connectivity index (χ2v) is 7.77. The summed E-state index contributed by atoms with van der Waals surface area (Å²) in [5.74, 6) is 0.0591. The van der Waals surface area contributed by atoms with Gasteiger partial charge in [0.15, 0.2) is 0 Å². The van der Waals surface area contributed by atoms with Crippen molar-refractivity contribution in [1.82, 2.24) is 10.2 Å². The summed E-state index contributed by atoms with van der Waals surface area (Å²) in [7, 11) is 0. The van der Waals surface area contributed by atoms with E-state index in [1.807, 2.05) is 43.9 Å². The molecule has 2 amide bonds. The molecule has 3 rings (SSSR count). The smallest absolute Gasteiger partial charge is 0.410 e. The second-order valence-electron chi connectivity index (χ2n) is 7.77. The maximum Gasteiger partial charge on any atom is 0.410 e. The molecule has 2 saturated heterocycles. The van der Waals surface area contributed by atoms with E-state index >= 15 is 0 Å². The third-order valence-corrected chi connectivity index (χ3v) is 5.08. The molecule has 5 nitrogen and oxygen atoms in total. The number of amides is 2. The average molecular weight is 330 g/mol. The first-order valence-electron chi connectivity index (χ1n) is 8.64. The van der Waals surface area contributed by atoms with E-state index in [0.29, 0.717) is 19.5 Å². The molecule has 5 heteroatoms. The Morgan fingerprint density at radius 1 is 1.25 bits per heavy atom. The van der Waals surface area contributed by atoms with E-state index in [0.717, 1.165) is 12.8 Å². The lowest BCUT2D eigenvalue weighted by Gasteiger charge is -2.37. The van der Waals surface area contributed by atoms with Gasteiger partial charge in [-0.25, -0.2) is 4.79 Å². The van der Waals surface area contributed by atoms with Crippen LogP contribution < -0.4 is 5.32 Å². The fourth-order valence-electron chi connectivity index (χ4n) is 3.96. The van der Waals surface area contributed by atoms with Crippen LogP contribution in [0, 0.1) is 0 Å². The average Bonchev–Trinajstić information content (AvgIpc) is 2.82. The minimum absolute atomic E-state index is 0.0591. The Labute approximate surface area is 143 Å². The van der Waals surface area contributed by atoms with E-state index in [2.05, 4.69) is 17.4 Å². The van der Waals surface area contributed by atoms with Crippen molar-refractivity contribution in [1.29, 1.82) is 0 Å². The molecule has 0 radical (unpaired) electrons. The zero-order valence-electron chi connectivity index (χ0n) is 14.7. The van der Waals surface area contributed by atoms with E-state index < -0.39 is 5.60 Å². The van der Waals surface area contributed by atoms with Crippen LogP contribution in [-0.2, 0) is 14.9 Å². The van der Waals surface area contributed by atoms with Gasteiger partial charge in [-0.2, -0.15) is 0 Å². The van der Waals surface area contributed by atoms with Gasteiger partial charge >= 0.3 is 6.09 Å². The number of fused-ring (bicyclic) bond motifs is 1. The van der Waals surface area contributed by atoms with Crippen molar-refractivity contribution in [3.63, 3.8) is 0 Å². The summed E-state index contributed by atoms with van der Waals surface area (Å²) in [6, 6.07) is 10.2. The molecule has 0 spiro atoms. The molecule has 1 aromatic carbocycles. The Morgan fingerprint density at radius 3 is 2.62 bits per heavy atom. The van der Waals surface area contributed by atoms with E-state index in [4.69, 9.17) is 4.74 Å². The molecular weight excluding hydrogens is 304 g/mol. The van der Waals surface area contributed by atoms with E-state index in [9.17, 15) is 9.59 Å². The highest BCUT2D eigenvalue weighted by molar-refractivity contribution is 5.77. The van der Waals surface area contributed by atoms with Crippen LogP contribution >= 0.6 is 0 Å². The molecule has 2 aliphatic heterocycles. The van der Waals surface area contributed by atoms with Gasteiger partial charge in [0, 0.05) is 24.9 Å². The summed E-state index contributed by atoms with van der Waals surface area (Å²) in [5.41, 5.74) is 0.498. The summed E-state index contributed by atoms with van der Waals surface area (Å²) >= 11 is 0. The monoisotopic (exact) mass is 330 g/mol. The highest BCUT2D eigenvalue weighted by Gasteiger charge is 2.51. The predicted octanol–water partition coefficient (Wildman–Crippen LogP) is 2.84. The van der Waals surface area contributed by atoms with Crippen molar-refractivity contribution >= 4 is 12.0 Å². The molecule has 1 N–H and O–H groups in total. The quantitative estimate of drug-likeness (QED) is 0.861. The minimum Gasteiger partial charge on any atom is -0.444 e. The third kappa shape index (κ3) is 3.12. The molecule has 2 atom stereocenters. The van der Waals surface area contributed by atoms with Crippen molar-refractivity contribution in [3.05, 3.63) is 35.9 Å². The zero-order chi connectivity index (χ0) is 17.4. The number of hydrogen-bond donors (Lipinski definition) is 1. The van der Waals surface area contributed by atoms with Gasteiger partial charge in [0.25, 0.3) is 0 Å². The maximum absolute atomic E-state index is 12.7. The van der Waals surface area contributed by atoms with Gasteiger partial charge in [-0.1, -0.05) is 30.3 Å². The van der Waals surface area contributed by atoms with Crippen LogP contribution in [0.3, 0.4) is 0 Å². The molecule has 1 unspecified atom stereocenters. The Morgan fingerprint density at radius 2 is 1.96 bits per heavy atom. The van der Waals surface area contributed by atoms with Crippen molar-refractivity contribution in [2.24, 2.45) is 0 Å². The van der Waals surface area contributed by atoms with Crippen LogP contribution in [0.1, 0.15) is 45.6 Å². The summed E-state index contributed by atoms with van der Waals surface area (Å²) in [6.07, 6.45) is 1.82. The fourth-order valence-corrected chi connectivity index (χ4v) is 3.96. The Bertz CT molecular complexity index is 623. The van der Waals surface area contributed by atoms with Crippen molar-refractivity contribution in [3.8, 4) is 0 Å². The van der Waals surface area contributed by atoms with Crippen LogP contribution in [-0.4, -0.2) is 41.6 Å². The number of likely N-dealkylation sites (tertiary alicyclic amines) is 1. The predicted molar refractivity (Wildman–Crippen MR) is 91.7 cm³/mol. The van der Waals surface area contributed by atoms with Gasteiger partial charge in [0.2, 0.25) is 5.91 Å². The molecule has 0 saturated carbocycles. The first kappa shape index (κ1) is 16.8. The largest absolute Gasteiger partial charge is 0.444 e. The first-order chi connectivity index (χ1) is 11.3. The van der Waals surface area contributed by atoms with Crippen LogP contribution in [0.4, 0.5) is 4.79 Å². The van der Waals surface area contributed by atoms with Gasteiger partial charge in [0.1, 0.15) is 5.60 Å². The van der Waals surface area contributed by atoms with Crippen LogP contribution in [0.25, 0.3) is 0 Å². The second kappa shape index (κ2) is 6.11. The molecule has 0 aliphatic carbocycles. The highest BCUT2D eigenvalue weighted by atomic mass is 16.6. The lowest BCUT2D eigenvalue weighted by molar-refractivity contribution is -0.120. The first-order valence-corrected chi connectivity index (χ1v) is 8.64. The van der Waals surface area contributed by atoms with Crippen molar-refractivity contribution in [2.45, 2.75) is 57.1 Å². The van der Waals surface area contributed by atoms with Crippen LogP contribution in [0.2, 0.25) is 0 Å². The van der Waals surface area contributed by atoms with Crippen molar-refractivity contribution in [2.75, 3.05) is 13.1 Å². The number of rotatable bonds is 1. The molecule has 0 bridgehead atoms. The molecular formula is C19H26N2O3. The number of carbonyl (C=O) groups excluding carboxylic acids is 2. The fraction of sp³-hybridized carbons (Fsp3) is 0.579. The number of nitrogens with one attached hydrogen (secondary N) is 1. The van der Waals surface area contributed by atoms with Crippen LogP contribution in [0.15, 0.2) is 30.3 Å². The molecule has 2 aliphatic rings. The van der Waals surface area contributed by atoms with Gasteiger partial charge in [-0.05, 0) is 39.2 Å². The summed E-state index contributed by atoms with van der Waals surface area (Å²) < 4.78 is 5.59. The Kier molecular flexibility index (Phi) is 4.28. The number of nitrogens with zero attached hydrogens (tertiary/aromatic N) is 1. The highest BCUT2D eigenvalue weighted by Crippen LogP contribution is 2.45. The summed E-state index contributed by atoms with van der Waals surface area (Å²) in [4.78, 5) is 26.4. The number of ether oxygens (including phenoxy) is 1. The maximum atomic E-state index is 12.7. The molecule has 0 aromatic heterocycles. The van der Waals surface area contributed by atoms with Gasteiger partial charge in [-0.15, -0.1) is 0 Å². The Hall–Kier alpha value is -2.04. The SMILES string of the molecule is CC(C)(C)OC(=O)N1CC[C@]2(c3ccccc3)CCC(=O)NCC12. The molecule has 130 valence electrons. The normalized spacial score (nSPS) is 27.2. The van der Waals surface area contributed by atoms with Gasteiger partial charge in [-0.3, -0.25) is 4.79 Å². The summed E-state index contributed by atoms with van der Waals surface area (Å²) in [6.45, 7) is 6.76. The number of carbonyl (C=O) groups is 2. The third-order valence-electron chi connectivity index (χ3n) is 5.08. The minimum atomic E-state index is -0.525.